The van der Waals surface area contributed by atoms with Gasteiger partial charge in [-0.2, -0.15) is 0 Å². The number of aliphatic hydroxyl groups is 3. The van der Waals surface area contributed by atoms with E-state index in [0.29, 0.717) is 12.8 Å². The van der Waals surface area contributed by atoms with Crippen LogP contribution in [-0.4, -0.2) is 47.2 Å². The standard InChI is InChI=1S/C21H42O5/c1-4-6-7-8-9-10-11-12-13-14-15-18(20(24)19(23)16-22)17(5-2)21(25)26-3/h17-20,22-24H,4-16H2,1-3H3/t17-,18-,19-,20-/m0/s1. The molecular formula is C21H42O5. The summed E-state index contributed by atoms with van der Waals surface area (Å²) in [5.74, 6) is -1.19. The lowest BCUT2D eigenvalue weighted by molar-refractivity contribution is -0.152. The average Bonchev–Trinajstić information content (AvgIpc) is 2.66. The molecule has 0 aliphatic heterocycles. The lowest BCUT2D eigenvalue weighted by Gasteiger charge is -2.31. The van der Waals surface area contributed by atoms with E-state index in [0.717, 1.165) is 19.3 Å². The van der Waals surface area contributed by atoms with E-state index in [1.165, 1.54) is 52.1 Å². The van der Waals surface area contributed by atoms with Gasteiger partial charge in [0.1, 0.15) is 6.10 Å². The summed E-state index contributed by atoms with van der Waals surface area (Å²) in [5.41, 5.74) is 0. The van der Waals surface area contributed by atoms with Crippen LogP contribution in [-0.2, 0) is 9.53 Å². The van der Waals surface area contributed by atoms with Crippen molar-refractivity contribution < 1.29 is 24.9 Å². The first-order chi connectivity index (χ1) is 12.5. The lowest BCUT2D eigenvalue weighted by atomic mass is 9.80. The summed E-state index contributed by atoms with van der Waals surface area (Å²) >= 11 is 0. The van der Waals surface area contributed by atoms with E-state index in [2.05, 4.69) is 6.92 Å². The Morgan fingerprint density at radius 3 is 1.81 bits per heavy atom. The Balaban J connectivity index is 4.25. The Hall–Kier alpha value is -0.650. The normalized spacial score (nSPS) is 16.1. The molecule has 156 valence electrons. The Labute approximate surface area is 160 Å². The number of hydrogen-bond donors (Lipinski definition) is 3. The van der Waals surface area contributed by atoms with E-state index in [1.807, 2.05) is 6.92 Å². The highest BCUT2D eigenvalue weighted by Crippen LogP contribution is 2.28. The molecule has 0 rings (SSSR count). The zero-order chi connectivity index (χ0) is 19.8. The fourth-order valence-electron chi connectivity index (χ4n) is 3.67. The van der Waals surface area contributed by atoms with E-state index in [1.54, 1.807) is 0 Å². The Kier molecular flexibility index (Phi) is 16.1. The van der Waals surface area contributed by atoms with Crippen LogP contribution in [0.4, 0.5) is 0 Å². The number of rotatable bonds is 17. The van der Waals surface area contributed by atoms with Crippen LogP contribution in [0.3, 0.4) is 0 Å². The van der Waals surface area contributed by atoms with Gasteiger partial charge < -0.3 is 20.1 Å². The minimum absolute atomic E-state index is 0.353. The van der Waals surface area contributed by atoms with Crippen molar-refractivity contribution in [1.29, 1.82) is 0 Å². The van der Waals surface area contributed by atoms with Gasteiger partial charge in [0.15, 0.2) is 0 Å². The number of esters is 1. The van der Waals surface area contributed by atoms with Gasteiger partial charge in [0.2, 0.25) is 0 Å². The highest BCUT2D eigenvalue weighted by atomic mass is 16.5. The third kappa shape index (κ3) is 10.5. The molecular weight excluding hydrogens is 332 g/mol. The topological polar surface area (TPSA) is 87.0 Å². The summed E-state index contributed by atoms with van der Waals surface area (Å²) in [5, 5.41) is 29.3. The van der Waals surface area contributed by atoms with Crippen molar-refractivity contribution in [3.63, 3.8) is 0 Å². The number of methoxy groups -OCH3 is 1. The van der Waals surface area contributed by atoms with Crippen molar-refractivity contribution in [1.82, 2.24) is 0 Å². The van der Waals surface area contributed by atoms with E-state index in [-0.39, 0.29) is 11.9 Å². The molecule has 0 radical (unpaired) electrons. The number of aliphatic hydroxyl groups excluding tert-OH is 3. The van der Waals surface area contributed by atoms with E-state index in [9.17, 15) is 15.0 Å². The van der Waals surface area contributed by atoms with Gasteiger partial charge in [0, 0.05) is 5.92 Å². The van der Waals surface area contributed by atoms with Gasteiger partial charge in [-0.05, 0) is 12.8 Å². The van der Waals surface area contributed by atoms with Gasteiger partial charge in [-0.25, -0.2) is 0 Å². The Morgan fingerprint density at radius 1 is 0.885 bits per heavy atom. The second-order valence-electron chi connectivity index (χ2n) is 7.41. The van der Waals surface area contributed by atoms with Gasteiger partial charge in [0.05, 0.1) is 25.7 Å². The molecule has 5 nitrogen and oxygen atoms in total. The minimum atomic E-state index is -1.22. The maximum Gasteiger partial charge on any atom is 0.309 e. The molecule has 0 aromatic rings. The van der Waals surface area contributed by atoms with Crippen LogP contribution in [0, 0.1) is 11.8 Å². The molecule has 0 saturated carbocycles. The van der Waals surface area contributed by atoms with Crippen LogP contribution in [0.1, 0.15) is 90.9 Å². The second-order valence-corrected chi connectivity index (χ2v) is 7.41. The van der Waals surface area contributed by atoms with Crippen molar-refractivity contribution in [2.45, 2.75) is 103 Å². The summed E-state index contributed by atoms with van der Waals surface area (Å²) in [7, 11) is 1.34. The molecule has 0 bridgehead atoms. The molecule has 0 aromatic carbocycles. The number of carbonyl (C=O) groups is 1. The first kappa shape index (κ1) is 25.4. The molecule has 4 atom stereocenters. The maximum absolute atomic E-state index is 12.0. The zero-order valence-corrected chi connectivity index (χ0v) is 17.2. The predicted molar refractivity (Wildman–Crippen MR) is 105 cm³/mol. The lowest BCUT2D eigenvalue weighted by Crippen LogP contribution is -2.42. The first-order valence-electron chi connectivity index (χ1n) is 10.6. The molecule has 0 amide bonds. The smallest absolute Gasteiger partial charge is 0.309 e. The molecule has 3 N–H and O–H groups in total. The van der Waals surface area contributed by atoms with Crippen LogP contribution in [0.5, 0.6) is 0 Å². The third-order valence-corrected chi connectivity index (χ3v) is 5.37. The van der Waals surface area contributed by atoms with Crippen LogP contribution < -0.4 is 0 Å². The minimum Gasteiger partial charge on any atom is -0.469 e. The van der Waals surface area contributed by atoms with Gasteiger partial charge in [0.25, 0.3) is 0 Å². The van der Waals surface area contributed by atoms with Crippen molar-refractivity contribution >= 4 is 5.97 Å². The van der Waals surface area contributed by atoms with E-state index >= 15 is 0 Å². The summed E-state index contributed by atoms with van der Waals surface area (Å²) < 4.78 is 4.85. The van der Waals surface area contributed by atoms with Crippen LogP contribution in [0.2, 0.25) is 0 Å². The molecule has 0 aromatic heterocycles. The maximum atomic E-state index is 12.0. The predicted octanol–water partition coefficient (Wildman–Crippen LogP) is 3.83. The summed E-state index contributed by atoms with van der Waals surface area (Å²) in [6, 6.07) is 0. The quantitative estimate of drug-likeness (QED) is 0.266. The average molecular weight is 375 g/mol. The molecule has 5 heteroatoms. The molecule has 0 saturated heterocycles. The molecule has 0 spiro atoms. The van der Waals surface area contributed by atoms with Gasteiger partial charge in [-0.15, -0.1) is 0 Å². The van der Waals surface area contributed by atoms with Crippen LogP contribution in [0.15, 0.2) is 0 Å². The zero-order valence-electron chi connectivity index (χ0n) is 17.2. The summed E-state index contributed by atoms with van der Waals surface area (Å²) in [6.07, 6.45) is 11.1. The SMILES string of the molecule is CCCCCCCCCCCC[C@H]([C@H](O)[C@@H](O)CO)[C@H](CC)C(=O)OC. The van der Waals surface area contributed by atoms with E-state index in [4.69, 9.17) is 9.84 Å². The van der Waals surface area contributed by atoms with Gasteiger partial charge in [-0.1, -0.05) is 78.1 Å². The second kappa shape index (κ2) is 16.5. The Bertz CT molecular complexity index is 334. The first-order valence-corrected chi connectivity index (χ1v) is 10.6. The largest absolute Gasteiger partial charge is 0.469 e. The summed E-state index contributed by atoms with van der Waals surface area (Å²) in [4.78, 5) is 12.0. The molecule has 26 heavy (non-hydrogen) atoms. The van der Waals surface area contributed by atoms with Crippen LogP contribution in [0.25, 0.3) is 0 Å². The summed E-state index contributed by atoms with van der Waals surface area (Å²) in [6.45, 7) is 3.60. The van der Waals surface area contributed by atoms with Crippen molar-refractivity contribution in [2.24, 2.45) is 11.8 Å². The van der Waals surface area contributed by atoms with Gasteiger partial charge in [-0.3, -0.25) is 4.79 Å². The van der Waals surface area contributed by atoms with Gasteiger partial charge >= 0.3 is 5.97 Å². The highest BCUT2D eigenvalue weighted by molar-refractivity contribution is 5.72. The number of unbranched alkanes of at least 4 members (excludes halogenated alkanes) is 9. The molecule has 0 unspecified atom stereocenters. The van der Waals surface area contributed by atoms with Crippen LogP contribution >= 0.6 is 0 Å². The fraction of sp³-hybridized carbons (Fsp3) is 0.952. The molecule has 0 heterocycles. The highest BCUT2D eigenvalue weighted by Gasteiger charge is 2.35. The fourth-order valence-corrected chi connectivity index (χ4v) is 3.67. The van der Waals surface area contributed by atoms with Crippen molar-refractivity contribution in [3.8, 4) is 0 Å². The number of hydrogen-bond acceptors (Lipinski definition) is 5. The number of ether oxygens (including phenoxy) is 1. The molecule has 0 aliphatic rings. The Morgan fingerprint density at radius 2 is 1.38 bits per heavy atom. The monoisotopic (exact) mass is 374 g/mol. The molecule has 0 aliphatic carbocycles. The molecule has 0 fully saturated rings. The van der Waals surface area contributed by atoms with E-state index < -0.39 is 24.7 Å². The number of carbonyl (C=O) groups excluding carboxylic acids is 1. The van der Waals surface area contributed by atoms with Crippen molar-refractivity contribution in [2.75, 3.05) is 13.7 Å². The third-order valence-electron chi connectivity index (χ3n) is 5.37. The van der Waals surface area contributed by atoms with Crippen molar-refractivity contribution in [3.05, 3.63) is 0 Å².